The number of methoxy groups -OCH3 is 1. The Balaban J connectivity index is 1.84. The van der Waals surface area contributed by atoms with E-state index in [1.807, 2.05) is 13.0 Å². The average molecular weight is 308 g/mol. The zero-order valence-electron chi connectivity index (χ0n) is 13.9. The molecule has 0 radical (unpaired) electrons. The molecule has 0 spiro atoms. The third kappa shape index (κ3) is 5.25. The topological polar surface area (TPSA) is 43.0 Å². The van der Waals surface area contributed by atoms with E-state index < -0.39 is 0 Å². The molecule has 1 aromatic rings. The molecule has 1 fully saturated rings. The highest BCUT2D eigenvalue weighted by Gasteiger charge is 2.16. The van der Waals surface area contributed by atoms with Crippen LogP contribution in [0.5, 0.6) is 5.75 Å². The van der Waals surface area contributed by atoms with Crippen molar-refractivity contribution in [1.82, 2.24) is 10.2 Å². The zero-order valence-corrected chi connectivity index (χ0v) is 13.9. The fourth-order valence-electron chi connectivity index (χ4n) is 2.63. The van der Waals surface area contributed by atoms with Crippen molar-refractivity contribution in [2.75, 3.05) is 47.0 Å². The summed E-state index contributed by atoms with van der Waals surface area (Å²) in [5.74, 6) is 0.884. The summed E-state index contributed by atoms with van der Waals surface area (Å²) in [5, 5.41) is 3.48. The predicted molar refractivity (Wildman–Crippen MR) is 87.3 cm³/mol. The fraction of sp³-hybridized carbons (Fsp3) is 0.647. The maximum absolute atomic E-state index is 5.76. The maximum Gasteiger partial charge on any atom is 0.124 e. The summed E-state index contributed by atoms with van der Waals surface area (Å²) in [6, 6.07) is 6.25. The first kappa shape index (κ1) is 17.2. The lowest BCUT2D eigenvalue weighted by atomic mass is 10.1. The predicted octanol–water partition coefficient (Wildman–Crippen LogP) is 1.65. The Labute approximate surface area is 133 Å². The van der Waals surface area contributed by atoms with Crippen molar-refractivity contribution >= 4 is 0 Å². The highest BCUT2D eigenvalue weighted by molar-refractivity contribution is 5.36. The summed E-state index contributed by atoms with van der Waals surface area (Å²) in [4.78, 5) is 2.31. The number of benzene rings is 1. The number of rotatable bonds is 8. The van der Waals surface area contributed by atoms with E-state index in [1.54, 1.807) is 7.11 Å². The summed E-state index contributed by atoms with van der Waals surface area (Å²) in [6.45, 7) is 7.83. The van der Waals surface area contributed by atoms with E-state index in [2.05, 4.69) is 29.4 Å². The van der Waals surface area contributed by atoms with E-state index in [0.29, 0.717) is 13.2 Å². The zero-order chi connectivity index (χ0) is 15.8. The lowest BCUT2D eigenvalue weighted by Gasteiger charge is -2.30. The highest BCUT2D eigenvalue weighted by atomic mass is 16.5. The normalized spacial score (nSPS) is 19.3. The smallest absolute Gasteiger partial charge is 0.124 e. The molecule has 1 N–H and O–H groups in total. The average Bonchev–Trinajstić information content (AvgIpc) is 2.53. The van der Waals surface area contributed by atoms with Crippen LogP contribution >= 0.6 is 0 Å². The van der Waals surface area contributed by atoms with Crippen LogP contribution in [0.2, 0.25) is 0 Å². The van der Waals surface area contributed by atoms with Gasteiger partial charge in [-0.2, -0.15) is 0 Å². The van der Waals surface area contributed by atoms with E-state index in [0.717, 1.165) is 44.1 Å². The Morgan fingerprint density at radius 3 is 3.00 bits per heavy atom. The van der Waals surface area contributed by atoms with Crippen molar-refractivity contribution < 1.29 is 14.2 Å². The molecule has 1 aliphatic rings. The minimum Gasteiger partial charge on any atom is -0.496 e. The first-order chi connectivity index (χ1) is 10.7. The summed E-state index contributed by atoms with van der Waals surface area (Å²) in [5.41, 5.74) is 2.33. The van der Waals surface area contributed by atoms with Crippen LogP contribution in [-0.4, -0.2) is 58.0 Å². The van der Waals surface area contributed by atoms with Crippen molar-refractivity contribution in [2.45, 2.75) is 26.2 Å². The molecular weight excluding hydrogens is 280 g/mol. The van der Waals surface area contributed by atoms with Gasteiger partial charge in [-0.1, -0.05) is 6.07 Å². The van der Waals surface area contributed by atoms with Gasteiger partial charge in [0, 0.05) is 38.3 Å². The molecule has 1 unspecified atom stereocenters. The third-order valence-corrected chi connectivity index (χ3v) is 3.85. The summed E-state index contributed by atoms with van der Waals surface area (Å²) in [6.07, 6.45) is 0.278. The number of hydrogen-bond acceptors (Lipinski definition) is 5. The van der Waals surface area contributed by atoms with Crippen LogP contribution in [0.3, 0.4) is 0 Å². The van der Waals surface area contributed by atoms with Gasteiger partial charge in [0.15, 0.2) is 0 Å². The van der Waals surface area contributed by atoms with Crippen LogP contribution in [0.1, 0.15) is 18.1 Å². The molecule has 5 nitrogen and oxygen atoms in total. The van der Waals surface area contributed by atoms with Crippen LogP contribution in [0, 0.1) is 0 Å². The minimum absolute atomic E-state index is 0.278. The lowest BCUT2D eigenvalue weighted by molar-refractivity contribution is -0.0182. The molecule has 0 saturated carbocycles. The summed E-state index contributed by atoms with van der Waals surface area (Å²) < 4.78 is 16.6. The molecule has 0 aliphatic carbocycles. The van der Waals surface area contributed by atoms with Crippen molar-refractivity contribution in [1.29, 1.82) is 0 Å². The monoisotopic (exact) mass is 308 g/mol. The number of morpholine rings is 1. The number of nitrogens with zero attached hydrogens (tertiary/aromatic N) is 1. The highest BCUT2D eigenvalue weighted by Crippen LogP contribution is 2.20. The molecule has 5 heteroatoms. The second-order valence-corrected chi connectivity index (χ2v) is 5.67. The van der Waals surface area contributed by atoms with E-state index in [4.69, 9.17) is 14.2 Å². The van der Waals surface area contributed by atoms with Gasteiger partial charge in [0.05, 0.1) is 26.4 Å². The number of ether oxygens (including phenoxy) is 3. The molecule has 1 aromatic carbocycles. The molecule has 0 aromatic heterocycles. The number of nitrogens with one attached hydrogen (secondary N) is 1. The van der Waals surface area contributed by atoms with E-state index in [9.17, 15) is 0 Å². The molecule has 1 heterocycles. The molecular formula is C17H28N2O3. The van der Waals surface area contributed by atoms with Crippen LogP contribution in [0.15, 0.2) is 18.2 Å². The van der Waals surface area contributed by atoms with E-state index in [-0.39, 0.29) is 6.10 Å². The van der Waals surface area contributed by atoms with Crippen molar-refractivity contribution in [3.05, 3.63) is 29.3 Å². The molecule has 0 bridgehead atoms. The van der Waals surface area contributed by atoms with Gasteiger partial charge in [-0.15, -0.1) is 0 Å². The molecule has 1 atom stereocenters. The Bertz CT molecular complexity index is 454. The molecule has 124 valence electrons. The van der Waals surface area contributed by atoms with Gasteiger partial charge in [-0.05, 0) is 31.7 Å². The van der Waals surface area contributed by atoms with Crippen LogP contribution in [0.4, 0.5) is 0 Å². The molecule has 2 rings (SSSR count). The first-order valence-electron chi connectivity index (χ1n) is 7.97. The van der Waals surface area contributed by atoms with Gasteiger partial charge in [-0.25, -0.2) is 0 Å². The van der Waals surface area contributed by atoms with Gasteiger partial charge in [0.25, 0.3) is 0 Å². The largest absolute Gasteiger partial charge is 0.496 e. The first-order valence-corrected chi connectivity index (χ1v) is 7.97. The minimum atomic E-state index is 0.278. The molecule has 22 heavy (non-hydrogen) atoms. The molecule has 0 amide bonds. The van der Waals surface area contributed by atoms with Crippen LogP contribution < -0.4 is 10.1 Å². The quantitative estimate of drug-likeness (QED) is 0.791. The fourth-order valence-corrected chi connectivity index (χ4v) is 2.63. The van der Waals surface area contributed by atoms with E-state index >= 15 is 0 Å². The lowest BCUT2D eigenvalue weighted by Crippen LogP contribution is -2.44. The third-order valence-electron chi connectivity index (χ3n) is 3.85. The van der Waals surface area contributed by atoms with Gasteiger partial charge in [0.1, 0.15) is 5.75 Å². The Kier molecular flexibility index (Phi) is 7.12. The van der Waals surface area contributed by atoms with Crippen molar-refractivity contribution in [2.24, 2.45) is 0 Å². The number of likely N-dealkylation sites (N-methyl/N-ethyl adjacent to an activating group) is 1. The van der Waals surface area contributed by atoms with Crippen LogP contribution in [-0.2, 0) is 22.6 Å². The Morgan fingerprint density at radius 2 is 2.27 bits per heavy atom. The summed E-state index contributed by atoms with van der Waals surface area (Å²) in [7, 11) is 3.83. The second-order valence-electron chi connectivity index (χ2n) is 5.67. The van der Waals surface area contributed by atoms with Gasteiger partial charge < -0.3 is 24.4 Å². The second kappa shape index (κ2) is 9.10. The number of hydrogen-bond donors (Lipinski definition) is 1. The van der Waals surface area contributed by atoms with Gasteiger partial charge >= 0.3 is 0 Å². The van der Waals surface area contributed by atoms with Crippen molar-refractivity contribution in [3.8, 4) is 5.75 Å². The van der Waals surface area contributed by atoms with Gasteiger partial charge in [0.2, 0.25) is 0 Å². The standard InChI is InChI=1S/C17H28N2O3/c1-4-21-13-15-9-14(5-6-17(15)20-3)10-18-11-16-12-19(2)7-8-22-16/h5-6,9,16,18H,4,7-8,10-13H2,1-3H3. The van der Waals surface area contributed by atoms with Crippen molar-refractivity contribution in [3.63, 3.8) is 0 Å². The Morgan fingerprint density at radius 1 is 1.41 bits per heavy atom. The molecule has 1 saturated heterocycles. The summed E-state index contributed by atoms with van der Waals surface area (Å²) >= 11 is 0. The SMILES string of the molecule is CCOCc1cc(CNCC2CN(C)CCO2)ccc1OC. The van der Waals surface area contributed by atoms with E-state index in [1.165, 1.54) is 5.56 Å². The van der Waals surface area contributed by atoms with Gasteiger partial charge in [-0.3, -0.25) is 0 Å². The van der Waals surface area contributed by atoms with Crippen LogP contribution in [0.25, 0.3) is 0 Å². The molecule has 1 aliphatic heterocycles. The maximum atomic E-state index is 5.76. The Hall–Kier alpha value is -1.14.